The van der Waals surface area contributed by atoms with Gasteiger partial charge in [0.05, 0.1) is 0 Å². The molecular weight excluding hydrogens is 412 g/mol. The highest BCUT2D eigenvalue weighted by atomic mass is 79.9. The van der Waals surface area contributed by atoms with Gasteiger partial charge in [-0.25, -0.2) is 4.79 Å². The Morgan fingerprint density at radius 3 is 2.48 bits per heavy atom. The molecule has 0 aliphatic carbocycles. The van der Waals surface area contributed by atoms with Crippen LogP contribution in [0.5, 0.6) is 0 Å². The maximum atomic E-state index is 13.0. The van der Waals surface area contributed by atoms with Crippen molar-refractivity contribution in [3.05, 3.63) is 34.0 Å². The first kappa shape index (κ1) is 19.7. The molecule has 0 unspecified atom stereocenters. The van der Waals surface area contributed by atoms with Gasteiger partial charge in [0, 0.05) is 41.6 Å². The summed E-state index contributed by atoms with van der Waals surface area (Å²) in [4.78, 5) is 28.7. The molecule has 1 aliphatic rings. The Hall–Kier alpha value is -2.02. The van der Waals surface area contributed by atoms with E-state index in [1.165, 1.54) is 0 Å². The van der Waals surface area contributed by atoms with Gasteiger partial charge in [-0.05, 0) is 52.3 Å². The molecule has 1 aliphatic heterocycles. The molecule has 1 aromatic carbocycles. The van der Waals surface area contributed by atoms with E-state index in [-0.39, 0.29) is 12.0 Å². The van der Waals surface area contributed by atoms with Gasteiger partial charge in [0.15, 0.2) is 5.76 Å². The minimum absolute atomic E-state index is 0.133. The summed E-state index contributed by atoms with van der Waals surface area (Å²) < 4.78 is 12.2. The van der Waals surface area contributed by atoms with Crippen LogP contribution in [0.3, 0.4) is 0 Å². The lowest BCUT2D eigenvalue weighted by Gasteiger charge is -2.26. The zero-order valence-corrected chi connectivity index (χ0v) is 17.8. The first-order valence-electron chi connectivity index (χ1n) is 9.11. The standard InChI is InChI=1S/C20H25BrN2O4/c1-13-15-12-14(21)6-7-16(15)26-17(13)18(24)22-8-5-9-23(11-10-22)19(25)27-20(2,3)4/h6-7,12H,5,8-11H2,1-4H3. The largest absolute Gasteiger partial charge is 0.451 e. The Kier molecular flexibility index (Phi) is 5.51. The van der Waals surface area contributed by atoms with Crippen molar-refractivity contribution in [2.75, 3.05) is 26.2 Å². The van der Waals surface area contributed by atoms with E-state index in [1.807, 2.05) is 45.9 Å². The quantitative estimate of drug-likeness (QED) is 0.655. The lowest BCUT2D eigenvalue weighted by atomic mass is 10.1. The molecule has 146 valence electrons. The molecule has 0 atom stereocenters. The fraction of sp³-hybridized carbons (Fsp3) is 0.500. The number of carbonyl (C=O) groups excluding carboxylic acids is 2. The van der Waals surface area contributed by atoms with Crippen LogP contribution in [0.15, 0.2) is 27.1 Å². The van der Waals surface area contributed by atoms with Crippen LogP contribution in [0.2, 0.25) is 0 Å². The van der Waals surface area contributed by atoms with Crippen LogP contribution < -0.4 is 0 Å². The maximum absolute atomic E-state index is 13.0. The van der Waals surface area contributed by atoms with Crippen molar-refractivity contribution in [2.24, 2.45) is 0 Å². The Morgan fingerprint density at radius 2 is 1.78 bits per heavy atom. The van der Waals surface area contributed by atoms with Gasteiger partial charge < -0.3 is 19.0 Å². The smallest absolute Gasteiger partial charge is 0.410 e. The summed E-state index contributed by atoms with van der Waals surface area (Å²) in [7, 11) is 0. The van der Waals surface area contributed by atoms with Crippen LogP contribution >= 0.6 is 15.9 Å². The molecule has 6 nitrogen and oxygen atoms in total. The summed E-state index contributed by atoms with van der Waals surface area (Å²) in [6, 6.07) is 5.71. The van der Waals surface area contributed by atoms with Crippen molar-refractivity contribution in [1.29, 1.82) is 0 Å². The minimum Gasteiger partial charge on any atom is -0.451 e. The molecule has 2 amide bonds. The highest BCUT2D eigenvalue weighted by Gasteiger charge is 2.28. The third-order valence-corrected chi connectivity index (χ3v) is 5.02. The van der Waals surface area contributed by atoms with Crippen molar-refractivity contribution >= 4 is 38.9 Å². The number of rotatable bonds is 1. The van der Waals surface area contributed by atoms with E-state index < -0.39 is 5.60 Å². The Balaban J connectivity index is 1.73. The molecular formula is C20H25BrN2O4. The van der Waals surface area contributed by atoms with Gasteiger partial charge in [-0.2, -0.15) is 0 Å². The van der Waals surface area contributed by atoms with Gasteiger partial charge in [0.2, 0.25) is 0 Å². The molecule has 3 rings (SSSR count). The summed E-state index contributed by atoms with van der Waals surface area (Å²) in [6.07, 6.45) is 0.372. The number of benzene rings is 1. The minimum atomic E-state index is -0.529. The van der Waals surface area contributed by atoms with E-state index in [1.54, 1.807) is 9.80 Å². The van der Waals surface area contributed by atoms with Crippen LogP contribution in [0.4, 0.5) is 4.79 Å². The molecule has 27 heavy (non-hydrogen) atoms. The third kappa shape index (κ3) is 4.46. The number of halogens is 1. The lowest BCUT2D eigenvalue weighted by molar-refractivity contribution is 0.0255. The van der Waals surface area contributed by atoms with E-state index in [2.05, 4.69) is 15.9 Å². The van der Waals surface area contributed by atoms with Gasteiger partial charge in [-0.15, -0.1) is 0 Å². The number of nitrogens with zero attached hydrogens (tertiary/aromatic N) is 2. The summed E-state index contributed by atoms with van der Waals surface area (Å²) in [5.41, 5.74) is 1.01. The van der Waals surface area contributed by atoms with Crippen molar-refractivity contribution in [3.8, 4) is 0 Å². The summed E-state index contributed by atoms with van der Waals surface area (Å²) >= 11 is 3.45. The second-order valence-corrected chi connectivity index (χ2v) is 8.73. The monoisotopic (exact) mass is 436 g/mol. The number of ether oxygens (including phenoxy) is 1. The third-order valence-electron chi connectivity index (χ3n) is 4.53. The number of furan rings is 1. The molecule has 1 aromatic heterocycles. The van der Waals surface area contributed by atoms with Crippen molar-refractivity contribution in [3.63, 3.8) is 0 Å². The van der Waals surface area contributed by atoms with E-state index in [0.717, 1.165) is 15.4 Å². The van der Waals surface area contributed by atoms with Crippen LogP contribution in [-0.2, 0) is 4.74 Å². The molecule has 0 bridgehead atoms. The molecule has 1 saturated heterocycles. The Labute approximate surface area is 167 Å². The van der Waals surface area contributed by atoms with Gasteiger partial charge in [-0.3, -0.25) is 4.79 Å². The maximum Gasteiger partial charge on any atom is 0.410 e. The number of hydrogen-bond acceptors (Lipinski definition) is 4. The van der Waals surface area contributed by atoms with Crippen molar-refractivity contribution in [2.45, 2.75) is 39.7 Å². The van der Waals surface area contributed by atoms with E-state index >= 15 is 0 Å². The van der Waals surface area contributed by atoms with Crippen LogP contribution in [0.25, 0.3) is 11.0 Å². The number of aryl methyl sites for hydroxylation is 1. The van der Waals surface area contributed by atoms with E-state index in [0.29, 0.717) is 43.9 Å². The Bertz CT molecular complexity index is 869. The average molecular weight is 437 g/mol. The first-order valence-corrected chi connectivity index (χ1v) is 9.91. The number of fused-ring (bicyclic) bond motifs is 1. The van der Waals surface area contributed by atoms with Gasteiger partial charge in [0.1, 0.15) is 11.2 Å². The van der Waals surface area contributed by atoms with E-state index in [9.17, 15) is 9.59 Å². The summed E-state index contributed by atoms with van der Waals surface area (Å²) in [6.45, 7) is 9.51. The molecule has 0 spiro atoms. The number of amides is 2. The number of hydrogen-bond donors (Lipinski definition) is 0. The topological polar surface area (TPSA) is 63.0 Å². The Morgan fingerprint density at radius 1 is 1.11 bits per heavy atom. The summed E-state index contributed by atoms with van der Waals surface area (Å²) in [5, 5.41) is 0.929. The highest BCUT2D eigenvalue weighted by molar-refractivity contribution is 9.10. The molecule has 0 radical (unpaired) electrons. The van der Waals surface area contributed by atoms with Crippen molar-refractivity contribution in [1.82, 2.24) is 9.80 Å². The fourth-order valence-corrected chi connectivity index (χ4v) is 3.53. The van der Waals surface area contributed by atoms with Gasteiger partial charge in [-0.1, -0.05) is 15.9 Å². The highest BCUT2D eigenvalue weighted by Crippen LogP contribution is 2.29. The predicted octanol–water partition coefficient (Wildman–Crippen LogP) is 4.59. The predicted molar refractivity (Wildman–Crippen MR) is 107 cm³/mol. The fourth-order valence-electron chi connectivity index (χ4n) is 3.17. The molecule has 7 heteroatoms. The normalized spacial score (nSPS) is 15.7. The molecule has 2 aromatic rings. The van der Waals surface area contributed by atoms with Gasteiger partial charge in [0.25, 0.3) is 5.91 Å². The average Bonchev–Trinajstić information content (AvgIpc) is 2.76. The van der Waals surface area contributed by atoms with Crippen LogP contribution in [0, 0.1) is 6.92 Å². The number of carbonyl (C=O) groups is 2. The zero-order chi connectivity index (χ0) is 19.8. The van der Waals surface area contributed by atoms with Crippen LogP contribution in [-0.4, -0.2) is 53.6 Å². The lowest BCUT2D eigenvalue weighted by Crippen LogP contribution is -2.40. The first-order chi connectivity index (χ1) is 12.7. The SMILES string of the molecule is Cc1c(C(=O)N2CCCN(C(=O)OC(C)(C)C)CC2)oc2ccc(Br)cc12. The van der Waals surface area contributed by atoms with Crippen LogP contribution in [0.1, 0.15) is 43.3 Å². The second kappa shape index (κ2) is 7.54. The molecule has 0 saturated carbocycles. The van der Waals surface area contributed by atoms with E-state index in [4.69, 9.17) is 9.15 Å². The molecule has 1 fully saturated rings. The second-order valence-electron chi connectivity index (χ2n) is 7.81. The zero-order valence-electron chi connectivity index (χ0n) is 16.2. The van der Waals surface area contributed by atoms with Crippen molar-refractivity contribution < 1.29 is 18.7 Å². The summed E-state index contributed by atoms with van der Waals surface area (Å²) in [5.74, 6) is 0.236. The molecule has 2 heterocycles. The van der Waals surface area contributed by atoms with Gasteiger partial charge >= 0.3 is 6.09 Å². The molecule has 0 N–H and O–H groups in total.